The Balaban J connectivity index is 1.99. The minimum atomic E-state index is -2.25. The van der Waals surface area contributed by atoms with Crippen LogP contribution in [0.4, 0.5) is 4.79 Å². The standard InChI is InChI=1S/C34H46N2O9/c1-6-45-29-10-7-22(17-23(29)18-35-32(43)36-33(3,4)5)25-8-9-27(40)31-26(25)15-21(16-28(31)41)14-24(11-12-37)34(44,19-38)30(42)13-20(2)39/h7-10,17,21,24,37-38,40,44H,6,11-16,18-19H2,1-5H3,(H2,35,36,43)/t21?,24?,34-/m1/s1. The molecule has 2 amide bonds. The van der Waals surface area contributed by atoms with Crippen LogP contribution in [0.15, 0.2) is 30.3 Å². The highest BCUT2D eigenvalue weighted by atomic mass is 16.5. The normalized spacial score (nSPS) is 16.7. The third-order valence-corrected chi connectivity index (χ3v) is 8.04. The van der Waals surface area contributed by atoms with Gasteiger partial charge >= 0.3 is 6.03 Å². The van der Waals surface area contributed by atoms with Crippen LogP contribution < -0.4 is 15.4 Å². The van der Waals surface area contributed by atoms with E-state index in [1.165, 1.54) is 13.0 Å². The molecule has 2 unspecified atom stereocenters. The Labute approximate surface area is 264 Å². The van der Waals surface area contributed by atoms with Crippen molar-refractivity contribution in [2.24, 2.45) is 11.8 Å². The smallest absolute Gasteiger partial charge is 0.315 e. The number of hydrogen-bond acceptors (Lipinski definition) is 9. The quantitative estimate of drug-likeness (QED) is 0.171. The third-order valence-electron chi connectivity index (χ3n) is 8.04. The minimum absolute atomic E-state index is 0.0235. The molecule has 0 fully saturated rings. The fourth-order valence-corrected chi connectivity index (χ4v) is 6.00. The number of fused-ring (bicyclic) bond motifs is 1. The second kappa shape index (κ2) is 15.0. The number of phenols is 1. The molecule has 0 aromatic heterocycles. The van der Waals surface area contributed by atoms with Crippen LogP contribution in [0, 0.1) is 11.8 Å². The maximum absolute atomic E-state index is 13.4. The lowest BCUT2D eigenvalue weighted by Gasteiger charge is -2.36. The van der Waals surface area contributed by atoms with Gasteiger partial charge in [-0.1, -0.05) is 12.1 Å². The molecule has 0 saturated heterocycles. The number of urea groups is 1. The molecule has 3 rings (SSSR count). The largest absolute Gasteiger partial charge is 0.507 e. The van der Waals surface area contributed by atoms with E-state index in [0.29, 0.717) is 35.5 Å². The first-order valence-electron chi connectivity index (χ1n) is 15.3. The number of ketones is 3. The Bertz CT molecular complexity index is 1420. The molecule has 11 nitrogen and oxygen atoms in total. The summed E-state index contributed by atoms with van der Waals surface area (Å²) in [7, 11) is 0. The second-order valence-corrected chi connectivity index (χ2v) is 12.8. The summed E-state index contributed by atoms with van der Waals surface area (Å²) in [6.07, 6.45) is -0.137. The van der Waals surface area contributed by atoms with Crippen molar-refractivity contribution in [3.8, 4) is 22.6 Å². The molecule has 2 aromatic rings. The lowest BCUT2D eigenvalue weighted by atomic mass is 9.71. The van der Waals surface area contributed by atoms with Crippen molar-refractivity contribution >= 4 is 23.4 Å². The highest BCUT2D eigenvalue weighted by Crippen LogP contribution is 2.42. The van der Waals surface area contributed by atoms with E-state index < -0.39 is 47.6 Å². The Morgan fingerprint density at radius 3 is 2.40 bits per heavy atom. The Kier molecular flexibility index (Phi) is 11.9. The van der Waals surface area contributed by atoms with Crippen molar-refractivity contribution in [3.05, 3.63) is 47.0 Å². The lowest BCUT2D eigenvalue weighted by molar-refractivity contribution is -0.152. The summed E-state index contributed by atoms with van der Waals surface area (Å²) in [4.78, 5) is 50.3. The average Bonchev–Trinajstić information content (AvgIpc) is 2.95. The zero-order valence-electron chi connectivity index (χ0n) is 26.7. The fourth-order valence-electron chi connectivity index (χ4n) is 6.00. The molecule has 1 aliphatic rings. The third kappa shape index (κ3) is 8.90. The van der Waals surface area contributed by atoms with Gasteiger partial charge in [-0.05, 0) is 101 Å². The van der Waals surface area contributed by atoms with Gasteiger partial charge < -0.3 is 35.8 Å². The molecule has 0 aliphatic heterocycles. The molecule has 0 radical (unpaired) electrons. The predicted octanol–water partition coefficient (Wildman–Crippen LogP) is 3.46. The van der Waals surface area contributed by atoms with E-state index in [-0.39, 0.29) is 55.5 Å². The molecule has 0 bridgehead atoms. The zero-order chi connectivity index (χ0) is 33.5. The summed E-state index contributed by atoms with van der Waals surface area (Å²) in [5.41, 5.74) is 0.238. The van der Waals surface area contributed by atoms with E-state index in [1.54, 1.807) is 12.1 Å². The number of aliphatic hydroxyl groups is 3. The first-order valence-corrected chi connectivity index (χ1v) is 15.3. The first kappa shape index (κ1) is 35.7. The molecule has 3 atom stereocenters. The number of phenolic OH excluding ortho intramolecular Hbond substituents is 1. The Morgan fingerprint density at radius 2 is 1.80 bits per heavy atom. The fraction of sp³-hybridized carbons (Fsp3) is 0.529. The number of ether oxygens (including phenoxy) is 1. The molecule has 11 heteroatoms. The van der Waals surface area contributed by atoms with Gasteiger partial charge in [0, 0.05) is 30.7 Å². The van der Waals surface area contributed by atoms with Gasteiger partial charge in [0.1, 0.15) is 22.9 Å². The summed E-state index contributed by atoms with van der Waals surface area (Å²) in [6.45, 7) is 7.98. The number of benzene rings is 2. The number of nitrogens with one attached hydrogen (secondary N) is 2. The summed E-state index contributed by atoms with van der Waals surface area (Å²) in [5.74, 6) is -2.47. The van der Waals surface area contributed by atoms with Gasteiger partial charge in [-0.15, -0.1) is 0 Å². The van der Waals surface area contributed by atoms with Crippen LogP contribution in [0.2, 0.25) is 0 Å². The maximum Gasteiger partial charge on any atom is 0.315 e. The Hall–Kier alpha value is -3.80. The van der Waals surface area contributed by atoms with Crippen molar-refractivity contribution < 1.29 is 44.3 Å². The predicted molar refractivity (Wildman–Crippen MR) is 168 cm³/mol. The maximum atomic E-state index is 13.4. The summed E-state index contributed by atoms with van der Waals surface area (Å²) in [5, 5.41) is 47.4. The van der Waals surface area contributed by atoms with Gasteiger partial charge in [0.2, 0.25) is 0 Å². The molecule has 45 heavy (non-hydrogen) atoms. The monoisotopic (exact) mass is 626 g/mol. The topological polar surface area (TPSA) is 182 Å². The number of aliphatic hydroxyl groups excluding tert-OH is 2. The van der Waals surface area contributed by atoms with Crippen molar-refractivity contribution in [1.29, 1.82) is 0 Å². The van der Waals surface area contributed by atoms with Gasteiger partial charge in [-0.3, -0.25) is 14.4 Å². The minimum Gasteiger partial charge on any atom is -0.507 e. The number of rotatable bonds is 14. The number of amides is 2. The van der Waals surface area contributed by atoms with Gasteiger partial charge in [0.25, 0.3) is 0 Å². The Morgan fingerprint density at radius 1 is 1.09 bits per heavy atom. The summed E-state index contributed by atoms with van der Waals surface area (Å²) < 4.78 is 5.80. The van der Waals surface area contributed by atoms with E-state index in [0.717, 1.165) is 5.56 Å². The van der Waals surface area contributed by atoms with E-state index in [1.807, 2.05) is 39.8 Å². The number of hydrogen-bond donors (Lipinski definition) is 6. The van der Waals surface area contributed by atoms with Gasteiger partial charge in [0.05, 0.1) is 25.2 Å². The lowest BCUT2D eigenvalue weighted by Crippen LogP contribution is -2.51. The van der Waals surface area contributed by atoms with E-state index in [9.17, 15) is 39.6 Å². The number of Topliss-reactive ketones (excluding diaryl/α,β-unsaturated/α-hetero) is 3. The van der Waals surface area contributed by atoms with E-state index in [2.05, 4.69) is 10.6 Å². The van der Waals surface area contributed by atoms with Gasteiger partial charge in [-0.2, -0.15) is 0 Å². The SMILES string of the molecule is CCOc1ccc(-c2ccc(O)c3c2CC(CC(CCO)[C@](O)(CO)C(=O)CC(C)=O)CC3=O)cc1CNC(=O)NC(C)(C)C. The molecule has 1 aliphatic carbocycles. The van der Waals surface area contributed by atoms with E-state index >= 15 is 0 Å². The summed E-state index contributed by atoms with van der Waals surface area (Å²) >= 11 is 0. The molecular weight excluding hydrogens is 580 g/mol. The van der Waals surface area contributed by atoms with Crippen LogP contribution in [-0.4, -0.2) is 74.8 Å². The van der Waals surface area contributed by atoms with Crippen LogP contribution in [-0.2, 0) is 22.6 Å². The highest BCUT2D eigenvalue weighted by molar-refractivity contribution is 6.03. The van der Waals surface area contributed by atoms with Crippen molar-refractivity contribution in [1.82, 2.24) is 10.6 Å². The molecule has 0 spiro atoms. The average molecular weight is 627 g/mol. The molecule has 6 N–H and O–H groups in total. The second-order valence-electron chi connectivity index (χ2n) is 12.8. The van der Waals surface area contributed by atoms with Crippen molar-refractivity contribution in [2.75, 3.05) is 19.8 Å². The van der Waals surface area contributed by atoms with E-state index in [4.69, 9.17) is 4.74 Å². The molecule has 2 aromatic carbocycles. The number of carbonyl (C=O) groups is 4. The van der Waals surface area contributed by atoms with Crippen LogP contribution in [0.25, 0.3) is 11.1 Å². The molecule has 246 valence electrons. The zero-order valence-corrected chi connectivity index (χ0v) is 26.7. The van der Waals surface area contributed by atoms with Gasteiger partial charge in [-0.25, -0.2) is 4.79 Å². The summed E-state index contributed by atoms with van der Waals surface area (Å²) in [6, 6.07) is 8.34. The van der Waals surface area contributed by atoms with Crippen molar-refractivity contribution in [3.63, 3.8) is 0 Å². The molecule has 0 saturated carbocycles. The van der Waals surface area contributed by atoms with Crippen molar-refractivity contribution in [2.45, 2.75) is 84.4 Å². The first-order chi connectivity index (χ1) is 21.1. The number of carbonyl (C=O) groups excluding carboxylic acids is 4. The molecule has 0 heterocycles. The van der Waals surface area contributed by atoms with Crippen LogP contribution in [0.1, 0.15) is 81.8 Å². The van der Waals surface area contributed by atoms with Crippen LogP contribution in [0.3, 0.4) is 0 Å². The number of aromatic hydroxyl groups is 1. The van der Waals surface area contributed by atoms with Crippen LogP contribution in [0.5, 0.6) is 11.5 Å². The molecular formula is C34H46N2O9. The van der Waals surface area contributed by atoms with Gasteiger partial charge in [0.15, 0.2) is 11.6 Å². The highest BCUT2D eigenvalue weighted by Gasteiger charge is 2.44. The van der Waals surface area contributed by atoms with Crippen LogP contribution >= 0.6 is 0 Å².